The van der Waals surface area contributed by atoms with Crippen LogP contribution in [-0.2, 0) is 0 Å². The zero-order chi connectivity index (χ0) is 7.21. The number of aliphatic hydroxyl groups is 1. The van der Waals surface area contributed by atoms with Crippen LogP contribution in [0.1, 0.15) is 0 Å². The van der Waals surface area contributed by atoms with Crippen LogP contribution in [0.3, 0.4) is 0 Å². The molecule has 0 amide bonds. The summed E-state index contributed by atoms with van der Waals surface area (Å²) in [6.07, 6.45) is 0.750. The van der Waals surface area contributed by atoms with Crippen molar-refractivity contribution in [3.05, 3.63) is 0 Å². The normalized spacial score (nSPS) is 8.38. The Kier molecular flexibility index (Phi) is 5.83. The lowest BCUT2D eigenvalue weighted by atomic mass is 11.6. The lowest BCUT2D eigenvalue weighted by Gasteiger charge is -1.91. The monoisotopic (exact) mass is 139 g/mol. The van der Waals surface area contributed by atoms with Gasteiger partial charge in [0.2, 0.25) is 0 Å². The second-order valence-corrected chi connectivity index (χ2v) is 1.90. The third-order valence-corrected chi connectivity index (χ3v) is 0. The van der Waals surface area contributed by atoms with Crippen molar-refractivity contribution < 1.29 is 24.3 Å². The summed E-state index contributed by atoms with van der Waals surface area (Å²) in [6, 6.07) is 0. The maximum atomic E-state index is 7.33. The number of aliphatic hydroxyl groups excluding tert-OH is 1. The summed E-state index contributed by atoms with van der Waals surface area (Å²) in [6.45, 7) is 0. The topological polar surface area (TPSA) is 125 Å². The first-order valence-electron chi connectivity index (χ1n) is 1.34. The van der Waals surface area contributed by atoms with Crippen molar-refractivity contribution in [3.63, 3.8) is 0 Å². The third kappa shape index (κ3) is 237. The molecule has 8 heavy (non-hydrogen) atoms. The van der Waals surface area contributed by atoms with Crippen LogP contribution in [0.4, 0.5) is 0 Å². The number of hydrogen-bond donors (Lipinski definition) is 5. The van der Waals surface area contributed by atoms with Crippen LogP contribution < -0.4 is 0 Å². The Bertz CT molecular complexity index is 73.4. The minimum absolute atomic E-state index is 0.750. The largest absolute Gasteiger partial charge is 0.668 e. The molecule has 0 spiro atoms. The second kappa shape index (κ2) is 4.50. The summed E-state index contributed by atoms with van der Waals surface area (Å²) in [5.74, 6) is 0. The summed E-state index contributed by atoms with van der Waals surface area (Å²) < 4.78 is 0. The molecule has 5 N–H and O–H groups in total. The minimum atomic E-state index is -4.61. The maximum absolute atomic E-state index is 7.33. The van der Waals surface area contributed by atoms with Crippen molar-refractivity contribution in [2.75, 3.05) is 0 Å². The van der Waals surface area contributed by atoms with E-state index in [9.17, 15) is 0 Å². The molecule has 0 aliphatic carbocycles. The van der Waals surface area contributed by atoms with E-state index >= 15 is 0 Å². The third-order valence-electron chi connectivity index (χ3n) is 0. The summed E-state index contributed by atoms with van der Waals surface area (Å²) in [5.41, 5.74) is 0. The van der Waals surface area contributed by atoms with Gasteiger partial charge in [0.15, 0.2) is 0 Å². The van der Waals surface area contributed by atoms with Crippen LogP contribution >= 0.6 is 0 Å². The fourth-order valence-electron chi connectivity index (χ4n) is 0. The highest BCUT2D eigenvalue weighted by Gasteiger charge is 2.22. The fraction of sp³-hybridized carbons (Fsp3) is 0. The minimum Gasteiger partial charge on any atom is -0.443 e. The summed E-state index contributed by atoms with van der Waals surface area (Å²) in [5, 5.41) is 13.8. The number of nitriles is 1. The Morgan fingerprint density at radius 1 is 1.12 bits per heavy atom. The molecule has 0 saturated heterocycles. The molecule has 0 aromatic rings. The Morgan fingerprint density at radius 2 is 1.12 bits per heavy atom. The van der Waals surface area contributed by atoms with Gasteiger partial charge in [-0.1, -0.05) is 0 Å². The molecule has 0 atom stereocenters. The van der Waals surface area contributed by atoms with Gasteiger partial charge in [0.25, 0.3) is 6.26 Å². The van der Waals surface area contributed by atoms with Gasteiger partial charge < -0.3 is 24.3 Å². The predicted molar refractivity (Wildman–Crippen MR) is 22.2 cm³/mol. The van der Waals surface area contributed by atoms with Gasteiger partial charge in [0, 0.05) is 0 Å². The molecule has 0 aromatic heterocycles. The van der Waals surface area contributed by atoms with Gasteiger partial charge in [0.1, 0.15) is 0 Å². The fourth-order valence-corrected chi connectivity index (χ4v) is 0. The Morgan fingerprint density at radius 3 is 1.12 bits per heavy atom. The standard InChI is InChI=1S/CHNO.H4O4Si/c2-1-3;1-5(2,3)4/h3H;1-4H. The first kappa shape index (κ1) is 10.4. The van der Waals surface area contributed by atoms with Crippen molar-refractivity contribution in [1.29, 1.82) is 5.26 Å². The van der Waals surface area contributed by atoms with Crippen LogP contribution in [0.25, 0.3) is 0 Å². The summed E-state index contributed by atoms with van der Waals surface area (Å²) in [4.78, 5) is 29.3. The van der Waals surface area contributed by atoms with E-state index in [0.29, 0.717) is 0 Å². The molecule has 0 aromatic carbocycles. The summed E-state index contributed by atoms with van der Waals surface area (Å²) in [7, 11) is -4.61. The molecule has 0 aliphatic heterocycles. The Labute approximate surface area is 46.0 Å². The van der Waals surface area contributed by atoms with Crippen molar-refractivity contribution in [2.24, 2.45) is 0 Å². The van der Waals surface area contributed by atoms with E-state index in [1.165, 1.54) is 0 Å². The van der Waals surface area contributed by atoms with E-state index in [-0.39, 0.29) is 0 Å². The molecule has 0 aliphatic rings. The van der Waals surface area contributed by atoms with E-state index in [4.69, 9.17) is 29.6 Å². The highest BCUT2D eigenvalue weighted by molar-refractivity contribution is 6.46. The SMILES string of the molecule is N#CO.O[Si](O)(O)O. The van der Waals surface area contributed by atoms with Gasteiger partial charge >= 0.3 is 9.05 Å². The van der Waals surface area contributed by atoms with E-state index in [1.807, 2.05) is 0 Å². The average molecular weight is 139 g/mol. The quantitative estimate of drug-likeness (QED) is 0.183. The Hall–Kier alpha value is -0.653. The smallest absolute Gasteiger partial charge is 0.443 e. The van der Waals surface area contributed by atoms with Gasteiger partial charge in [-0.25, -0.2) is 0 Å². The average Bonchev–Trinajstić information content (AvgIpc) is 1.27. The molecule has 48 valence electrons. The predicted octanol–water partition coefficient (Wildman–Crippen LogP) is -2.77. The molecule has 7 heteroatoms. The first-order chi connectivity index (χ1) is 3.41. The zero-order valence-electron chi connectivity index (χ0n) is 3.68. The van der Waals surface area contributed by atoms with Crippen molar-refractivity contribution in [2.45, 2.75) is 0 Å². The zero-order valence-corrected chi connectivity index (χ0v) is 4.68. The molecule has 0 rings (SSSR count). The molecule has 0 radical (unpaired) electrons. The van der Waals surface area contributed by atoms with Crippen LogP contribution in [0.5, 0.6) is 0 Å². The molecule has 0 fully saturated rings. The van der Waals surface area contributed by atoms with Crippen LogP contribution in [-0.4, -0.2) is 33.3 Å². The van der Waals surface area contributed by atoms with E-state index < -0.39 is 9.05 Å². The Balaban J connectivity index is 0. The van der Waals surface area contributed by atoms with Crippen molar-refractivity contribution >= 4 is 9.05 Å². The lowest BCUT2D eigenvalue weighted by molar-refractivity contribution is 0.117. The second-order valence-electron chi connectivity index (χ2n) is 0.700. The number of hydrogen-bond acceptors (Lipinski definition) is 6. The highest BCUT2D eigenvalue weighted by atomic mass is 28.4. The number of nitrogens with zero attached hydrogens (tertiary/aromatic N) is 1. The van der Waals surface area contributed by atoms with Gasteiger partial charge in [-0.15, -0.1) is 0 Å². The molecule has 0 saturated carbocycles. The van der Waals surface area contributed by atoms with Crippen LogP contribution in [0, 0.1) is 11.5 Å². The summed E-state index contributed by atoms with van der Waals surface area (Å²) >= 11 is 0. The number of rotatable bonds is 0. The lowest BCUT2D eigenvalue weighted by Crippen LogP contribution is -2.33. The van der Waals surface area contributed by atoms with Gasteiger partial charge in [-0.2, -0.15) is 5.26 Å². The van der Waals surface area contributed by atoms with E-state index in [0.717, 1.165) is 6.26 Å². The van der Waals surface area contributed by atoms with Gasteiger partial charge in [-0.05, 0) is 0 Å². The van der Waals surface area contributed by atoms with Gasteiger partial charge in [-0.3, -0.25) is 0 Å². The van der Waals surface area contributed by atoms with Gasteiger partial charge in [0.05, 0.1) is 0 Å². The van der Waals surface area contributed by atoms with Crippen LogP contribution in [0.15, 0.2) is 0 Å². The van der Waals surface area contributed by atoms with Crippen molar-refractivity contribution in [3.8, 4) is 6.26 Å². The highest BCUT2D eigenvalue weighted by Crippen LogP contribution is 1.67. The molecule has 0 bridgehead atoms. The molecule has 0 unspecified atom stereocenters. The molecule has 6 nitrogen and oxygen atoms in total. The maximum Gasteiger partial charge on any atom is 0.668 e. The van der Waals surface area contributed by atoms with E-state index in [1.54, 1.807) is 0 Å². The molecule has 0 heterocycles. The van der Waals surface area contributed by atoms with Crippen LogP contribution in [0.2, 0.25) is 0 Å². The van der Waals surface area contributed by atoms with E-state index in [2.05, 4.69) is 0 Å². The van der Waals surface area contributed by atoms with Crippen molar-refractivity contribution in [1.82, 2.24) is 0 Å². The first-order valence-corrected chi connectivity index (χ1v) is 3.13. The molecular formula is CH5NO5Si. The molecular weight excluding hydrogens is 134 g/mol.